The lowest BCUT2D eigenvalue weighted by atomic mass is 10.5. The summed E-state index contributed by atoms with van der Waals surface area (Å²) in [6.45, 7) is 1.68. The SMILES string of the molecule is CC(O)CS/C(N)=N/N. The zero-order valence-corrected chi connectivity index (χ0v) is 6.06. The van der Waals surface area contributed by atoms with Gasteiger partial charge < -0.3 is 16.7 Å². The Hall–Kier alpha value is -0.420. The molecule has 0 aliphatic heterocycles. The van der Waals surface area contributed by atoms with Crippen LogP contribution >= 0.6 is 11.8 Å². The van der Waals surface area contributed by atoms with Crippen LogP contribution in [0, 0.1) is 0 Å². The zero-order chi connectivity index (χ0) is 7.28. The first-order chi connectivity index (χ1) is 4.16. The maximum Gasteiger partial charge on any atom is 0.177 e. The van der Waals surface area contributed by atoms with Crippen LogP contribution in [0.2, 0.25) is 0 Å². The first kappa shape index (κ1) is 8.58. The minimum absolute atomic E-state index is 0.302. The number of hydrogen-bond donors (Lipinski definition) is 3. The Morgan fingerprint density at radius 3 is 2.78 bits per heavy atom. The van der Waals surface area contributed by atoms with Crippen molar-refractivity contribution in [3.05, 3.63) is 0 Å². The van der Waals surface area contributed by atoms with Gasteiger partial charge in [0, 0.05) is 5.75 Å². The van der Waals surface area contributed by atoms with Gasteiger partial charge >= 0.3 is 0 Å². The second-order valence-electron chi connectivity index (χ2n) is 1.63. The van der Waals surface area contributed by atoms with E-state index >= 15 is 0 Å². The Bertz CT molecular complexity index is 104. The maximum atomic E-state index is 8.72. The molecule has 5 heteroatoms. The third-order valence-corrected chi connectivity index (χ3v) is 1.65. The predicted molar refractivity (Wildman–Crippen MR) is 39.9 cm³/mol. The van der Waals surface area contributed by atoms with Crippen molar-refractivity contribution in [1.82, 2.24) is 0 Å². The number of aliphatic hydroxyl groups is 1. The van der Waals surface area contributed by atoms with E-state index in [9.17, 15) is 0 Å². The summed E-state index contributed by atoms with van der Waals surface area (Å²) < 4.78 is 0. The Morgan fingerprint density at radius 1 is 1.89 bits per heavy atom. The highest BCUT2D eigenvalue weighted by Crippen LogP contribution is 2.00. The molecule has 0 spiro atoms. The van der Waals surface area contributed by atoms with Crippen molar-refractivity contribution in [2.45, 2.75) is 13.0 Å². The summed E-state index contributed by atoms with van der Waals surface area (Å²) in [7, 11) is 0. The van der Waals surface area contributed by atoms with E-state index in [4.69, 9.17) is 16.7 Å². The molecule has 0 heterocycles. The lowest BCUT2D eigenvalue weighted by molar-refractivity contribution is 0.220. The molecule has 0 aliphatic rings. The van der Waals surface area contributed by atoms with Gasteiger partial charge in [0.05, 0.1) is 6.10 Å². The average Bonchev–Trinajstić information content (AvgIpc) is 1.83. The van der Waals surface area contributed by atoms with Gasteiger partial charge in [0.25, 0.3) is 0 Å². The number of rotatable bonds is 2. The van der Waals surface area contributed by atoms with Gasteiger partial charge in [-0.1, -0.05) is 11.8 Å². The van der Waals surface area contributed by atoms with Crippen LogP contribution in [-0.4, -0.2) is 22.1 Å². The second kappa shape index (κ2) is 4.46. The number of amidine groups is 1. The molecule has 0 saturated carbocycles. The molecule has 1 unspecified atom stereocenters. The van der Waals surface area contributed by atoms with E-state index in [2.05, 4.69) is 5.10 Å². The lowest BCUT2D eigenvalue weighted by Crippen LogP contribution is -2.13. The monoisotopic (exact) mass is 149 g/mol. The summed E-state index contributed by atoms with van der Waals surface area (Å²) in [6, 6.07) is 0. The van der Waals surface area contributed by atoms with Crippen LogP contribution in [0.25, 0.3) is 0 Å². The molecule has 0 bridgehead atoms. The highest BCUT2D eigenvalue weighted by atomic mass is 32.2. The molecule has 0 fully saturated rings. The van der Waals surface area contributed by atoms with Crippen LogP contribution < -0.4 is 11.6 Å². The molecule has 0 radical (unpaired) electrons. The number of aliphatic hydroxyl groups excluding tert-OH is 1. The largest absolute Gasteiger partial charge is 0.393 e. The molecule has 54 valence electrons. The number of thioether (sulfide) groups is 1. The fourth-order valence-corrected chi connectivity index (χ4v) is 0.730. The molecular weight excluding hydrogens is 138 g/mol. The van der Waals surface area contributed by atoms with Crippen LogP contribution in [0.5, 0.6) is 0 Å². The van der Waals surface area contributed by atoms with E-state index in [0.29, 0.717) is 10.9 Å². The Kier molecular flexibility index (Phi) is 4.25. The van der Waals surface area contributed by atoms with Gasteiger partial charge in [-0.2, -0.15) is 5.10 Å². The third-order valence-electron chi connectivity index (χ3n) is 0.600. The summed E-state index contributed by atoms with van der Waals surface area (Å²) in [5, 5.41) is 12.2. The summed E-state index contributed by atoms with van der Waals surface area (Å²) in [6.07, 6.45) is -0.365. The Morgan fingerprint density at radius 2 is 2.44 bits per heavy atom. The minimum atomic E-state index is -0.365. The summed E-state index contributed by atoms with van der Waals surface area (Å²) in [5.41, 5.74) is 5.20. The quantitative estimate of drug-likeness (QED) is 0.209. The topological polar surface area (TPSA) is 84.6 Å². The fourth-order valence-electron chi connectivity index (χ4n) is 0.243. The first-order valence-electron chi connectivity index (χ1n) is 2.51. The first-order valence-corrected chi connectivity index (χ1v) is 3.49. The number of nitrogens with two attached hydrogens (primary N) is 2. The molecule has 4 nitrogen and oxygen atoms in total. The number of nitrogens with zero attached hydrogens (tertiary/aromatic N) is 1. The standard InChI is InChI=1S/C4H11N3OS/c1-3(8)2-9-4(5)7-6/h3,8H,2,6H2,1H3,(H2,5,7). The molecular formula is C4H11N3OS. The second-order valence-corrected chi connectivity index (χ2v) is 2.67. The summed E-state index contributed by atoms with van der Waals surface area (Å²) in [4.78, 5) is 0. The van der Waals surface area contributed by atoms with Crippen LogP contribution in [-0.2, 0) is 0 Å². The van der Waals surface area contributed by atoms with E-state index in [1.807, 2.05) is 0 Å². The molecule has 5 N–H and O–H groups in total. The van der Waals surface area contributed by atoms with Crippen molar-refractivity contribution < 1.29 is 5.11 Å². The third kappa shape index (κ3) is 5.45. The highest BCUT2D eigenvalue weighted by molar-refractivity contribution is 8.13. The van der Waals surface area contributed by atoms with Crippen molar-refractivity contribution in [2.75, 3.05) is 5.75 Å². The predicted octanol–water partition coefficient (Wildman–Crippen LogP) is -0.711. The minimum Gasteiger partial charge on any atom is -0.393 e. The fraction of sp³-hybridized carbons (Fsp3) is 0.750. The van der Waals surface area contributed by atoms with Crippen LogP contribution in [0.15, 0.2) is 5.10 Å². The van der Waals surface area contributed by atoms with Crippen LogP contribution in [0.3, 0.4) is 0 Å². The van der Waals surface area contributed by atoms with E-state index in [1.165, 1.54) is 11.8 Å². The van der Waals surface area contributed by atoms with Crippen molar-refractivity contribution in [3.8, 4) is 0 Å². The van der Waals surface area contributed by atoms with Gasteiger partial charge in [0.1, 0.15) is 0 Å². The Labute approximate surface area is 58.3 Å². The average molecular weight is 149 g/mol. The molecule has 1 atom stereocenters. The Balaban J connectivity index is 3.28. The molecule has 0 amide bonds. The van der Waals surface area contributed by atoms with Gasteiger partial charge in [-0.3, -0.25) is 0 Å². The number of hydrazone groups is 1. The van der Waals surface area contributed by atoms with Crippen LogP contribution in [0.4, 0.5) is 0 Å². The van der Waals surface area contributed by atoms with Crippen molar-refractivity contribution in [2.24, 2.45) is 16.7 Å². The summed E-state index contributed by atoms with van der Waals surface area (Å²) in [5.74, 6) is 5.35. The molecule has 0 aromatic rings. The number of hydrogen-bond acceptors (Lipinski definition) is 4. The summed E-state index contributed by atoms with van der Waals surface area (Å²) >= 11 is 1.24. The van der Waals surface area contributed by atoms with Gasteiger partial charge in [-0.05, 0) is 6.92 Å². The smallest absolute Gasteiger partial charge is 0.177 e. The zero-order valence-electron chi connectivity index (χ0n) is 5.24. The van der Waals surface area contributed by atoms with E-state index in [-0.39, 0.29) is 6.10 Å². The van der Waals surface area contributed by atoms with E-state index in [0.717, 1.165) is 0 Å². The molecule has 0 aliphatic carbocycles. The van der Waals surface area contributed by atoms with Crippen LogP contribution in [0.1, 0.15) is 6.92 Å². The molecule has 0 saturated heterocycles. The van der Waals surface area contributed by atoms with Gasteiger partial charge in [0.15, 0.2) is 5.17 Å². The van der Waals surface area contributed by atoms with Gasteiger partial charge in [-0.25, -0.2) is 0 Å². The van der Waals surface area contributed by atoms with E-state index in [1.54, 1.807) is 6.92 Å². The molecule has 0 rings (SSSR count). The van der Waals surface area contributed by atoms with Crippen molar-refractivity contribution in [1.29, 1.82) is 0 Å². The van der Waals surface area contributed by atoms with Crippen molar-refractivity contribution >= 4 is 16.9 Å². The highest BCUT2D eigenvalue weighted by Gasteiger charge is 1.97. The van der Waals surface area contributed by atoms with Gasteiger partial charge in [-0.15, -0.1) is 0 Å². The molecule has 0 aromatic carbocycles. The maximum absolute atomic E-state index is 8.72. The lowest BCUT2D eigenvalue weighted by Gasteiger charge is -2.00. The van der Waals surface area contributed by atoms with Crippen molar-refractivity contribution in [3.63, 3.8) is 0 Å². The normalized spacial score (nSPS) is 15.6. The molecule has 9 heavy (non-hydrogen) atoms. The molecule has 0 aromatic heterocycles. The van der Waals surface area contributed by atoms with E-state index < -0.39 is 0 Å². The van der Waals surface area contributed by atoms with Gasteiger partial charge in [0.2, 0.25) is 0 Å².